The molecule has 0 unspecified atom stereocenters. The van der Waals surface area contributed by atoms with Gasteiger partial charge in [-0.05, 0) is 95.1 Å². The summed E-state index contributed by atoms with van der Waals surface area (Å²) in [5.74, 6) is 1.69. The molecule has 63 heavy (non-hydrogen) atoms. The third-order valence-corrected chi connectivity index (χ3v) is 12.3. The SMILES string of the molecule is c1ccc(-c2cccc(-c3nc(-c4ccc5c(c4)oc4ccccc45)nc(-c4ccc5c(c4)oc4cc(-c6ccc7c8ccccc8n(-c8ccccc8)c7c6)ccc45)n3)c2)cc1. The van der Waals surface area contributed by atoms with Crippen molar-refractivity contribution >= 4 is 65.7 Å². The Morgan fingerprint density at radius 3 is 1.38 bits per heavy atom. The third-order valence-electron chi connectivity index (χ3n) is 12.3. The maximum absolute atomic E-state index is 6.69. The van der Waals surface area contributed by atoms with Crippen molar-refractivity contribution in [3.63, 3.8) is 0 Å². The van der Waals surface area contributed by atoms with E-state index in [0.717, 1.165) is 94.0 Å². The molecule has 0 bridgehead atoms. The minimum Gasteiger partial charge on any atom is -0.456 e. The van der Waals surface area contributed by atoms with E-state index in [2.05, 4.69) is 174 Å². The molecule has 0 aliphatic rings. The normalized spacial score (nSPS) is 11.8. The first-order chi connectivity index (χ1) is 31.2. The van der Waals surface area contributed by atoms with Crippen LogP contribution in [0, 0.1) is 0 Å². The first kappa shape index (κ1) is 35.2. The second-order valence-electron chi connectivity index (χ2n) is 16.0. The van der Waals surface area contributed by atoms with Gasteiger partial charge in [0.25, 0.3) is 0 Å². The van der Waals surface area contributed by atoms with Crippen molar-refractivity contribution in [2.45, 2.75) is 0 Å². The van der Waals surface area contributed by atoms with Gasteiger partial charge in [-0.15, -0.1) is 0 Å². The van der Waals surface area contributed by atoms with Crippen LogP contribution in [-0.2, 0) is 0 Å². The Balaban J connectivity index is 0.926. The van der Waals surface area contributed by atoms with Gasteiger partial charge in [0.2, 0.25) is 0 Å². The van der Waals surface area contributed by atoms with E-state index in [1.54, 1.807) is 0 Å². The first-order valence-electron chi connectivity index (χ1n) is 21.1. The summed E-state index contributed by atoms with van der Waals surface area (Å²) in [5.41, 5.74) is 13.7. The topological polar surface area (TPSA) is 69.9 Å². The Bertz CT molecular complexity index is 3920. The van der Waals surface area contributed by atoms with Crippen LogP contribution in [0.4, 0.5) is 0 Å². The van der Waals surface area contributed by atoms with E-state index in [4.69, 9.17) is 23.8 Å². The standard InChI is InChI=1S/C57H34N4O2/c1-3-12-35(13-4-1)36-14-11-15-39(30-36)55-58-56(40-24-28-46-45-19-8-10-21-51(45)62-53(46)33-40)60-57(59-55)41-25-29-48-47-27-23-38(32-52(47)63-54(48)34-41)37-22-26-44-43-18-7-9-20-49(43)61(50(44)31-37)42-16-5-2-6-17-42/h1-34H. The quantitative estimate of drug-likeness (QED) is 0.167. The lowest BCUT2D eigenvalue weighted by Gasteiger charge is -2.10. The summed E-state index contributed by atoms with van der Waals surface area (Å²) < 4.78 is 15.3. The molecule has 294 valence electrons. The number of hydrogen-bond donors (Lipinski definition) is 0. The second-order valence-corrected chi connectivity index (χ2v) is 16.0. The van der Waals surface area contributed by atoms with Gasteiger partial charge in [-0.1, -0.05) is 133 Å². The number of furan rings is 2. The predicted molar refractivity (Wildman–Crippen MR) is 256 cm³/mol. The molecule has 0 saturated heterocycles. The van der Waals surface area contributed by atoms with Crippen LogP contribution < -0.4 is 0 Å². The molecule has 0 spiro atoms. The molecule has 6 nitrogen and oxygen atoms in total. The van der Waals surface area contributed by atoms with E-state index in [-0.39, 0.29) is 0 Å². The van der Waals surface area contributed by atoms with Gasteiger partial charge < -0.3 is 13.4 Å². The zero-order valence-corrected chi connectivity index (χ0v) is 33.7. The molecule has 13 aromatic rings. The molecule has 0 aliphatic heterocycles. The van der Waals surface area contributed by atoms with E-state index in [0.29, 0.717) is 17.5 Å². The van der Waals surface area contributed by atoms with Crippen LogP contribution in [0.1, 0.15) is 0 Å². The molecule has 9 aromatic carbocycles. The van der Waals surface area contributed by atoms with Crippen LogP contribution in [0.25, 0.3) is 128 Å². The van der Waals surface area contributed by atoms with Crippen molar-refractivity contribution in [2.24, 2.45) is 0 Å². The molecule has 0 aliphatic carbocycles. The average molecular weight is 807 g/mol. The molecule has 13 rings (SSSR count). The average Bonchev–Trinajstić information content (AvgIpc) is 4.03. The predicted octanol–water partition coefficient (Wildman–Crippen LogP) is 15.1. The van der Waals surface area contributed by atoms with Crippen molar-refractivity contribution in [1.29, 1.82) is 0 Å². The molecule has 4 aromatic heterocycles. The van der Waals surface area contributed by atoms with Crippen LogP contribution >= 0.6 is 0 Å². The highest BCUT2D eigenvalue weighted by molar-refractivity contribution is 6.11. The number of benzene rings is 9. The van der Waals surface area contributed by atoms with Crippen molar-refractivity contribution < 1.29 is 8.83 Å². The Labute approximate surface area is 361 Å². The highest BCUT2D eigenvalue weighted by Gasteiger charge is 2.18. The highest BCUT2D eigenvalue weighted by atomic mass is 16.3. The number of aromatic nitrogens is 4. The Morgan fingerprint density at radius 1 is 0.270 bits per heavy atom. The summed E-state index contributed by atoms with van der Waals surface area (Å²) in [6.45, 7) is 0. The largest absolute Gasteiger partial charge is 0.456 e. The second kappa shape index (κ2) is 14.0. The summed E-state index contributed by atoms with van der Waals surface area (Å²) >= 11 is 0. The van der Waals surface area contributed by atoms with E-state index in [1.165, 1.54) is 16.3 Å². The van der Waals surface area contributed by atoms with Crippen LogP contribution in [0.3, 0.4) is 0 Å². The van der Waals surface area contributed by atoms with Gasteiger partial charge in [0.15, 0.2) is 17.5 Å². The van der Waals surface area contributed by atoms with Crippen LogP contribution in [0.15, 0.2) is 215 Å². The van der Waals surface area contributed by atoms with Gasteiger partial charge in [0.05, 0.1) is 11.0 Å². The monoisotopic (exact) mass is 806 g/mol. The molecule has 0 fully saturated rings. The van der Waals surface area contributed by atoms with Crippen molar-refractivity contribution in [3.05, 3.63) is 206 Å². The number of rotatable bonds is 6. The summed E-state index contributed by atoms with van der Waals surface area (Å²) in [4.78, 5) is 15.3. The smallest absolute Gasteiger partial charge is 0.164 e. The minimum atomic E-state index is 0.551. The Kier molecular flexibility index (Phi) is 7.80. The number of fused-ring (bicyclic) bond motifs is 9. The maximum atomic E-state index is 6.69. The zero-order chi connectivity index (χ0) is 41.4. The molecule has 0 N–H and O–H groups in total. The fraction of sp³-hybridized carbons (Fsp3) is 0. The third kappa shape index (κ3) is 5.84. The summed E-state index contributed by atoms with van der Waals surface area (Å²) in [5, 5.41) is 6.66. The van der Waals surface area contributed by atoms with E-state index >= 15 is 0 Å². The van der Waals surface area contributed by atoms with Crippen molar-refractivity contribution in [1.82, 2.24) is 19.5 Å². The summed E-state index contributed by atoms with van der Waals surface area (Å²) in [6, 6.07) is 71.7. The van der Waals surface area contributed by atoms with Crippen molar-refractivity contribution in [2.75, 3.05) is 0 Å². The number of nitrogens with zero attached hydrogens (tertiary/aromatic N) is 4. The Morgan fingerprint density at radius 2 is 0.698 bits per heavy atom. The molecule has 0 atom stereocenters. The summed E-state index contributed by atoms with van der Waals surface area (Å²) in [7, 11) is 0. The lowest BCUT2D eigenvalue weighted by atomic mass is 10.0. The van der Waals surface area contributed by atoms with E-state index in [1.807, 2.05) is 36.4 Å². The highest BCUT2D eigenvalue weighted by Crippen LogP contribution is 2.39. The van der Waals surface area contributed by atoms with Gasteiger partial charge in [-0.2, -0.15) is 0 Å². The van der Waals surface area contributed by atoms with Crippen molar-refractivity contribution in [3.8, 4) is 62.1 Å². The number of hydrogen-bond acceptors (Lipinski definition) is 5. The zero-order valence-electron chi connectivity index (χ0n) is 33.7. The lowest BCUT2D eigenvalue weighted by molar-refractivity contribution is 0.669. The molecule has 0 saturated carbocycles. The van der Waals surface area contributed by atoms with Crippen LogP contribution in [0.2, 0.25) is 0 Å². The molecule has 6 heteroatoms. The molecular formula is C57H34N4O2. The fourth-order valence-corrected chi connectivity index (χ4v) is 9.20. The molecular weight excluding hydrogens is 773 g/mol. The maximum Gasteiger partial charge on any atom is 0.164 e. The fourth-order valence-electron chi connectivity index (χ4n) is 9.20. The van der Waals surface area contributed by atoms with Crippen LogP contribution in [-0.4, -0.2) is 19.5 Å². The lowest BCUT2D eigenvalue weighted by Crippen LogP contribution is -2.00. The number of para-hydroxylation sites is 3. The van der Waals surface area contributed by atoms with Crippen LogP contribution in [0.5, 0.6) is 0 Å². The van der Waals surface area contributed by atoms with Gasteiger partial charge >= 0.3 is 0 Å². The van der Waals surface area contributed by atoms with Gasteiger partial charge in [0, 0.05) is 54.7 Å². The van der Waals surface area contributed by atoms with Gasteiger partial charge in [0.1, 0.15) is 22.3 Å². The first-order valence-corrected chi connectivity index (χ1v) is 21.1. The summed E-state index contributed by atoms with van der Waals surface area (Å²) in [6.07, 6.45) is 0. The molecule has 0 amide bonds. The van der Waals surface area contributed by atoms with E-state index in [9.17, 15) is 0 Å². The van der Waals surface area contributed by atoms with E-state index < -0.39 is 0 Å². The minimum absolute atomic E-state index is 0.551. The van der Waals surface area contributed by atoms with Gasteiger partial charge in [-0.25, -0.2) is 15.0 Å². The van der Waals surface area contributed by atoms with Gasteiger partial charge in [-0.3, -0.25) is 0 Å². The Hall–Kier alpha value is -8.61. The molecule has 4 heterocycles. The molecule has 0 radical (unpaired) electrons.